The number of hydrogen-bond donors (Lipinski definition) is 1. The van der Waals surface area contributed by atoms with Crippen LogP contribution in [0.15, 0.2) is 53.9 Å². The van der Waals surface area contributed by atoms with Crippen molar-refractivity contribution in [2.45, 2.75) is 19.9 Å². The molecule has 0 radical (unpaired) electrons. The molecule has 0 aliphatic carbocycles. The number of hydrogen-bond acceptors (Lipinski definition) is 4. The molecule has 0 spiro atoms. The Labute approximate surface area is 181 Å². The molecule has 3 aromatic rings. The molecule has 0 saturated heterocycles. The van der Waals surface area contributed by atoms with E-state index in [0.29, 0.717) is 0 Å². The average Bonchev–Trinajstić information content (AvgIpc) is 3.28. The van der Waals surface area contributed by atoms with Crippen LogP contribution in [0.5, 0.6) is 0 Å². The van der Waals surface area contributed by atoms with E-state index in [1.807, 2.05) is 54.5 Å². The van der Waals surface area contributed by atoms with Crippen molar-refractivity contribution in [1.82, 2.24) is 25.0 Å². The molecule has 0 unspecified atom stereocenters. The van der Waals surface area contributed by atoms with Gasteiger partial charge in [0.2, 0.25) is 0 Å². The van der Waals surface area contributed by atoms with E-state index >= 15 is 0 Å². The molecule has 2 aromatic heterocycles. The maximum Gasteiger partial charge on any atom is 0.193 e. The summed E-state index contributed by atoms with van der Waals surface area (Å²) in [5.41, 5.74) is 2.19. The van der Waals surface area contributed by atoms with Gasteiger partial charge in [0.25, 0.3) is 0 Å². The lowest BCUT2D eigenvalue weighted by Gasteiger charge is -2.21. The van der Waals surface area contributed by atoms with Crippen LogP contribution in [0.1, 0.15) is 15.4 Å². The number of nitrogens with zero attached hydrogens (tertiary/aromatic N) is 5. The summed E-state index contributed by atoms with van der Waals surface area (Å²) in [6, 6.07) is 10.1. The van der Waals surface area contributed by atoms with Crippen LogP contribution in [-0.2, 0) is 13.0 Å². The predicted octanol–water partition coefficient (Wildman–Crippen LogP) is 3.51. The topological polar surface area (TPSA) is 58.3 Å². The van der Waals surface area contributed by atoms with Crippen molar-refractivity contribution in [3.8, 4) is 5.69 Å². The van der Waals surface area contributed by atoms with Crippen LogP contribution in [0.25, 0.3) is 5.69 Å². The van der Waals surface area contributed by atoms with E-state index in [1.54, 1.807) is 18.4 Å². The number of aliphatic imine (C=N–C) groups is 1. The smallest absolute Gasteiger partial charge is 0.193 e. The van der Waals surface area contributed by atoms with Gasteiger partial charge >= 0.3 is 0 Å². The van der Waals surface area contributed by atoms with Crippen LogP contribution in [-0.4, -0.2) is 46.3 Å². The van der Waals surface area contributed by atoms with Gasteiger partial charge in [0, 0.05) is 56.4 Å². The Morgan fingerprint density at radius 3 is 2.70 bits per heavy atom. The normalized spacial score (nSPS) is 11.1. The lowest BCUT2D eigenvalue weighted by Crippen LogP contribution is -2.39. The van der Waals surface area contributed by atoms with Crippen molar-refractivity contribution in [2.75, 3.05) is 20.6 Å². The van der Waals surface area contributed by atoms with E-state index in [9.17, 15) is 0 Å². The zero-order valence-corrected chi connectivity index (χ0v) is 18.9. The molecule has 144 valence electrons. The van der Waals surface area contributed by atoms with Gasteiger partial charge in [-0.1, -0.05) is 18.2 Å². The number of thiazole rings is 1. The van der Waals surface area contributed by atoms with Gasteiger partial charge in [-0.25, -0.2) is 9.67 Å². The molecule has 0 aliphatic heterocycles. The highest BCUT2D eigenvalue weighted by Gasteiger charge is 2.09. The molecule has 1 N–H and O–H groups in total. The van der Waals surface area contributed by atoms with E-state index in [1.165, 1.54) is 4.88 Å². The number of nitrogens with one attached hydrogen (secondary N) is 1. The molecule has 0 bridgehead atoms. The maximum atomic E-state index is 4.45. The Kier molecular flexibility index (Phi) is 8.23. The predicted molar refractivity (Wildman–Crippen MR) is 122 cm³/mol. The highest BCUT2D eigenvalue weighted by atomic mass is 127. The number of aryl methyl sites for hydroxylation is 1. The molecule has 0 atom stereocenters. The van der Waals surface area contributed by atoms with E-state index in [0.717, 1.165) is 41.7 Å². The zero-order valence-electron chi connectivity index (χ0n) is 15.8. The minimum Gasteiger partial charge on any atom is -0.356 e. The molecule has 3 rings (SSSR count). The van der Waals surface area contributed by atoms with Gasteiger partial charge in [-0.2, -0.15) is 5.10 Å². The summed E-state index contributed by atoms with van der Waals surface area (Å²) in [7, 11) is 3.84. The fourth-order valence-corrected chi connectivity index (χ4v) is 3.48. The number of benzene rings is 1. The minimum absolute atomic E-state index is 0. The average molecular weight is 496 g/mol. The third-order valence-electron chi connectivity index (χ3n) is 3.94. The van der Waals surface area contributed by atoms with Crippen LogP contribution in [0.2, 0.25) is 0 Å². The largest absolute Gasteiger partial charge is 0.356 e. The van der Waals surface area contributed by atoms with Crippen LogP contribution in [0.3, 0.4) is 0 Å². The highest BCUT2D eigenvalue weighted by Crippen LogP contribution is 2.11. The molecular formula is C19H25IN6S. The summed E-state index contributed by atoms with van der Waals surface area (Å²) in [6.07, 6.45) is 6.77. The van der Waals surface area contributed by atoms with Crippen molar-refractivity contribution in [1.29, 1.82) is 0 Å². The molecule has 2 heterocycles. The number of para-hydroxylation sites is 1. The second-order valence-electron chi connectivity index (χ2n) is 6.07. The first-order valence-corrected chi connectivity index (χ1v) is 9.39. The summed E-state index contributed by atoms with van der Waals surface area (Å²) in [5, 5.41) is 9.00. The summed E-state index contributed by atoms with van der Waals surface area (Å²) in [6.45, 7) is 3.63. The molecule has 6 nitrogen and oxygen atoms in total. The Hall–Kier alpha value is -1.94. The van der Waals surface area contributed by atoms with Crippen LogP contribution in [0, 0.1) is 6.92 Å². The first kappa shape index (κ1) is 21.4. The Morgan fingerprint density at radius 1 is 1.26 bits per heavy atom. The van der Waals surface area contributed by atoms with E-state index in [-0.39, 0.29) is 24.0 Å². The van der Waals surface area contributed by atoms with Gasteiger partial charge in [0.1, 0.15) is 0 Å². The standard InChI is InChI=1S/C19H24N6S.HI/c1-15-11-22-18(26-15)9-10-21-19(20-2)24(3)13-16-12-23-25(14-16)17-7-5-4-6-8-17;/h4-8,11-12,14H,9-10,13H2,1-3H3,(H,20,21);1H. The zero-order chi connectivity index (χ0) is 18.4. The summed E-state index contributed by atoms with van der Waals surface area (Å²) < 4.78 is 1.89. The molecule has 0 amide bonds. The van der Waals surface area contributed by atoms with Crippen molar-refractivity contribution in [2.24, 2.45) is 4.99 Å². The SMILES string of the molecule is CN=C(NCCc1ncc(C)s1)N(C)Cc1cnn(-c2ccccc2)c1.I. The van der Waals surface area contributed by atoms with Crippen molar-refractivity contribution < 1.29 is 0 Å². The number of rotatable bonds is 6. The highest BCUT2D eigenvalue weighted by molar-refractivity contribution is 14.0. The number of halogens is 1. The van der Waals surface area contributed by atoms with Gasteiger partial charge in [-0.15, -0.1) is 35.3 Å². The maximum absolute atomic E-state index is 4.45. The summed E-state index contributed by atoms with van der Waals surface area (Å²) >= 11 is 1.74. The molecule has 8 heteroatoms. The summed E-state index contributed by atoms with van der Waals surface area (Å²) in [4.78, 5) is 12.1. The quantitative estimate of drug-likeness (QED) is 0.323. The molecule has 0 saturated carbocycles. The van der Waals surface area contributed by atoms with Gasteiger partial charge in [0.05, 0.1) is 16.9 Å². The van der Waals surface area contributed by atoms with Crippen LogP contribution in [0.4, 0.5) is 0 Å². The van der Waals surface area contributed by atoms with E-state index < -0.39 is 0 Å². The lowest BCUT2D eigenvalue weighted by molar-refractivity contribution is 0.477. The summed E-state index contributed by atoms with van der Waals surface area (Å²) in [5.74, 6) is 0.866. The second-order valence-corrected chi connectivity index (χ2v) is 7.39. The van der Waals surface area contributed by atoms with Gasteiger partial charge in [0.15, 0.2) is 5.96 Å². The second kappa shape index (κ2) is 10.4. The fourth-order valence-electron chi connectivity index (χ4n) is 2.70. The number of guanidine groups is 1. The number of aromatic nitrogens is 3. The monoisotopic (exact) mass is 496 g/mol. The van der Waals surface area contributed by atoms with Crippen molar-refractivity contribution >= 4 is 41.3 Å². The first-order chi connectivity index (χ1) is 12.7. The van der Waals surface area contributed by atoms with Crippen LogP contribution >= 0.6 is 35.3 Å². The van der Waals surface area contributed by atoms with Gasteiger partial charge < -0.3 is 10.2 Å². The third kappa shape index (κ3) is 6.03. The van der Waals surface area contributed by atoms with Crippen LogP contribution < -0.4 is 5.32 Å². The van der Waals surface area contributed by atoms with Gasteiger partial charge in [-0.3, -0.25) is 4.99 Å². The molecule has 27 heavy (non-hydrogen) atoms. The molecule has 0 aliphatic rings. The van der Waals surface area contributed by atoms with Gasteiger partial charge in [-0.05, 0) is 19.1 Å². The van der Waals surface area contributed by atoms with E-state index in [2.05, 4.69) is 38.4 Å². The molecule has 0 fully saturated rings. The molecule has 1 aromatic carbocycles. The van der Waals surface area contributed by atoms with Crippen molar-refractivity contribution in [3.05, 3.63) is 64.4 Å². The molecular weight excluding hydrogens is 471 g/mol. The Bertz CT molecular complexity index is 858. The third-order valence-corrected chi connectivity index (χ3v) is 4.91. The Morgan fingerprint density at radius 2 is 2.04 bits per heavy atom. The lowest BCUT2D eigenvalue weighted by atomic mass is 10.3. The first-order valence-electron chi connectivity index (χ1n) is 8.58. The van der Waals surface area contributed by atoms with Crippen molar-refractivity contribution in [3.63, 3.8) is 0 Å². The fraction of sp³-hybridized carbons (Fsp3) is 0.316. The minimum atomic E-state index is 0. The Balaban J connectivity index is 0.00000261. The van der Waals surface area contributed by atoms with E-state index in [4.69, 9.17) is 0 Å².